The Morgan fingerprint density at radius 2 is 1.58 bits per heavy atom. The number of carbonyl (C=O) groups excluding carboxylic acids is 2. The van der Waals surface area contributed by atoms with Crippen molar-refractivity contribution in [2.45, 2.75) is 0 Å². The molecule has 0 amide bonds. The number of methoxy groups -OCH3 is 2. The van der Waals surface area contributed by atoms with Gasteiger partial charge in [0.05, 0.1) is 27.4 Å². The third-order valence-corrected chi connectivity index (χ3v) is 1.85. The minimum absolute atomic E-state index is 0.0480. The first kappa shape index (κ1) is 8.99. The van der Waals surface area contributed by atoms with Gasteiger partial charge in [0, 0.05) is 0 Å². The van der Waals surface area contributed by atoms with E-state index in [1.54, 1.807) is 0 Å². The molecule has 12 heavy (non-hydrogen) atoms. The maximum atomic E-state index is 11.1. The van der Waals surface area contributed by atoms with Gasteiger partial charge in [-0.05, 0) is 0 Å². The standard InChI is InChI=1S/C7H10O5/c1-10-5(8)7(3-12-4-7)6(9)11-2/h3-4H2,1-2H3. The molecule has 0 unspecified atom stereocenters. The van der Waals surface area contributed by atoms with Crippen molar-refractivity contribution < 1.29 is 23.8 Å². The number of hydrogen-bond donors (Lipinski definition) is 0. The van der Waals surface area contributed by atoms with Gasteiger partial charge in [-0.15, -0.1) is 0 Å². The van der Waals surface area contributed by atoms with E-state index < -0.39 is 17.4 Å². The molecule has 1 fully saturated rings. The van der Waals surface area contributed by atoms with Crippen LogP contribution in [-0.4, -0.2) is 39.4 Å². The van der Waals surface area contributed by atoms with Gasteiger partial charge in [-0.2, -0.15) is 0 Å². The van der Waals surface area contributed by atoms with E-state index in [2.05, 4.69) is 9.47 Å². The van der Waals surface area contributed by atoms with Gasteiger partial charge in [-0.25, -0.2) is 0 Å². The van der Waals surface area contributed by atoms with E-state index in [-0.39, 0.29) is 13.2 Å². The van der Waals surface area contributed by atoms with Gasteiger partial charge < -0.3 is 14.2 Å². The Labute approximate surface area is 69.6 Å². The second-order valence-electron chi connectivity index (χ2n) is 2.56. The summed E-state index contributed by atoms with van der Waals surface area (Å²) in [6.07, 6.45) is 0. The summed E-state index contributed by atoms with van der Waals surface area (Å²) in [6.45, 7) is 0.0959. The SMILES string of the molecule is COC(=O)C1(C(=O)OC)COC1. The molecule has 0 N–H and O–H groups in total. The molecule has 0 spiro atoms. The van der Waals surface area contributed by atoms with E-state index in [9.17, 15) is 9.59 Å². The lowest BCUT2D eigenvalue weighted by atomic mass is 9.86. The lowest BCUT2D eigenvalue weighted by Crippen LogP contribution is -2.55. The molecule has 0 aromatic heterocycles. The second-order valence-corrected chi connectivity index (χ2v) is 2.56. The highest BCUT2D eigenvalue weighted by molar-refractivity contribution is 6.01. The van der Waals surface area contributed by atoms with Crippen LogP contribution in [-0.2, 0) is 23.8 Å². The summed E-state index contributed by atoms with van der Waals surface area (Å²) in [5, 5.41) is 0. The second kappa shape index (κ2) is 3.10. The van der Waals surface area contributed by atoms with Gasteiger partial charge in [-0.3, -0.25) is 9.59 Å². The maximum absolute atomic E-state index is 11.1. The lowest BCUT2D eigenvalue weighted by molar-refractivity contribution is -0.199. The first-order valence-corrected chi connectivity index (χ1v) is 3.42. The van der Waals surface area contributed by atoms with Crippen LogP contribution in [0, 0.1) is 5.41 Å². The van der Waals surface area contributed by atoms with Crippen molar-refractivity contribution in [3.05, 3.63) is 0 Å². The molecule has 0 aromatic carbocycles. The predicted molar refractivity (Wildman–Crippen MR) is 37.3 cm³/mol. The summed E-state index contributed by atoms with van der Waals surface area (Å²) >= 11 is 0. The first-order chi connectivity index (χ1) is 5.67. The Hall–Kier alpha value is -1.10. The maximum Gasteiger partial charge on any atom is 0.328 e. The molecule has 1 aliphatic heterocycles. The molecule has 5 nitrogen and oxygen atoms in total. The summed E-state index contributed by atoms with van der Waals surface area (Å²) < 4.78 is 13.7. The van der Waals surface area contributed by atoms with Crippen LogP contribution in [0.15, 0.2) is 0 Å². The third kappa shape index (κ3) is 1.06. The minimum atomic E-state index is -1.20. The number of ether oxygens (including phenoxy) is 3. The average molecular weight is 174 g/mol. The van der Waals surface area contributed by atoms with Crippen molar-refractivity contribution in [3.63, 3.8) is 0 Å². The molecular formula is C7H10O5. The van der Waals surface area contributed by atoms with Gasteiger partial charge in [0.15, 0.2) is 0 Å². The Morgan fingerprint density at radius 3 is 1.75 bits per heavy atom. The third-order valence-electron chi connectivity index (χ3n) is 1.85. The van der Waals surface area contributed by atoms with E-state index in [4.69, 9.17) is 4.74 Å². The fourth-order valence-corrected chi connectivity index (χ4v) is 1.02. The van der Waals surface area contributed by atoms with Gasteiger partial charge in [0.2, 0.25) is 5.41 Å². The van der Waals surface area contributed by atoms with E-state index >= 15 is 0 Å². The molecule has 5 heteroatoms. The number of carbonyl (C=O) groups is 2. The molecule has 68 valence electrons. The smallest absolute Gasteiger partial charge is 0.328 e. The van der Waals surface area contributed by atoms with Crippen LogP contribution in [0.1, 0.15) is 0 Å². The van der Waals surface area contributed by atoms with Crippen LogP contribution in [0.2, 0.25) is 0 Å². The highest BCUT2D eigenvalue weighted by Crippen LogP contribution is 2.30. The molecule has 1 saturated heterocycles. The fraction of sp³-hybridized carbons (Fsp3) is 0.714. The Kier molecular flexibility index (Phi) is 2.32. The van der Waals surface area contributed by atoms with Crippen molar-refractivity contribution in [3.8, 4) is 0 Å². The van der Waals surface area contributed by atoms with Gasteiger partial charge >= 0.3 is 11.9 Å². The number of esters is 2. The summed E-state index contributed by atoms with van der Waals surface area (Å²) in [4.78, 5) is 22.2. The van der Waals surface area contributed by atoms with Gasteiger partial charge in [0.25, 0.3) is 0 Å². The van der Waals surface area contributed by atoms with Crippen molar-refractivity contribution in [2.75, 3.05) is 27.4 Å². The summed E-state index contributed by atoms with van der Waals surface area (Å²) in [5.41, 5.74) is -1.20. The molecular weight excluding hydrogens is 164 g/mol. The molecule has 1 aliphatic rings. The van der Waals surface area contributed by atoms with E-state index in [1.165, 1.54) is 14.2 Å². The molecule has 0 aliphatic carbocycles. The number of hydrogen-bond acceptors (Lipinski definition) is 5. The zero-order chi connectivity index (χ0) is 9.19. The van der Waals surface area contributed by atoms with Crippen molar-refractivity contribution in [1.29, 1.82) is 0 Å². The van der Waals surface area contributed by atoms with E-state index in [0.717, 1.165) is 0 Å². The summed E-state index contributed by atoms with van der Waals surface area (Å²) in [5.74, 6) is -1.19. The predicted octanol–water partition coefficient (Wildman–Crippen LogP) is -0.651. The van der Waals surface area contributed by atoms with Crippen molar-refractivity contribution in [2.24, 2.45) is 5.41 Å². The first-order valence-electron chi connectivity index (χ1n) is 3.42. The van der Waals surface area contributed by atoms with Crippen molar-refractivity contribution >= 4 is 11.9 Å². The molecule has 0 saturated carbocycles. The highest BCUT2D eigenvalue weighted by atomic mass is 16.6. The van der Waals surface area contributed by atoms with Crippen LogP contribution in [0.3, 0.4) is 0 Å². The zero-order valence-electron chi connectivity index (χ0n) is 6.96. The monoisotopic (exact) mass is 174 g/mol. The minimum Gasteiger partial charge on any atom is -0.468 e. The van der Waals surface area contributed by atoms with Crippen LogP contribution in [0.5, 0.6) is 0 Å². The van der Waals surface area contributed by atoms with Crippen LogP contribution in [0.25, 0.3) is 0 Å². The lowest BCUT2D eigenvalue weighted by Gasteiger charge is -2.35. The van der Waals surface area contributed by atoms with Crippen molar-refractivity contribution in [1.82, 2.24) is 0 Å². The van der Waals surface area contributed by atoms with Gasteiger partial charge in [-0.1, -0.05) is 0 Å². The highest BCUT2D eigenvalue weighted by Gasteiger charge is 2.55. The summed E-state index contributed by atoms with van der Waals surface area (Å²) in [6, 6.07) is 0. The van der Waals surface area contributed by atoms with Crippen LogP contribution in [0.4, 0.5) is 0 Å². The number of rotatable bonds is 2. The quantitative estimate of drug-likeness (QED) is 0.411. The molecule has 0 bridgehead atoms. The Morgan fingerprint density at radius 1 is 1.17 bits per heavy atom. The Balaban J connectivity index is 2.75. The van der Waals surface area contributed by atoms with E-state index in [0.29, 0.717) is 0 Å². The zero-order valence-corrected chi connectivity index (χ0v) is 6.96. The van der Waals surface area contributed by atoms with Crippen LogP contribution < -0.4 is 0 Å². The van der Waals surface area contributed by atoms with E-state index in [1.807, 2.05) is 0 Å². The average Bonchev–Trinajstić information content (AvgIpc) is 2.01. The molecule has 1 heterocycles. The fourth-order valence-electron chi connectivity index (χ4n) is 1.02. The normalized spacial score (nSPS) is 19.2. The summed E-state index contributed by atoms with van der Waals surface area (Å²) in [7, 11) is 2.46. The largest absolute Gasteiger partial charge is 0.468 e. The molecule has 0 atom stereocenters. The topological polar surface area (TPSA) is 61.8 Å². The Bertz CT molecular complexity index is 188. The van der Waals surface area contributed by atoms with Crippen LogP contribution >= 0.6 is 0 Å². The van der Waals surface area contributed by atoms with Gasteiger partial charge in [0.1, 0.15) is 0 Å². The molecule has 1 rings (SSSR count). The molecule has 0 radical (unpaired) electrons. The molecule has 0 aromatic rings.